The zero-order chi connectivity index (χ0) is 11.5. The van der Waals surface area contributed by atoms with Crippen LogP contribution in [0.2, 0.25) is 0 Å². The van der Waals surface area contributed by atoms with E-state index < -0.39 is 0 Å². The van der Waals surface area contributed by atoms with Crippen LogP contribution in [0.5, 0.6) is 0 Å². The lowest BCUT2D eigenvalue weighted by atomic mass is 10.0. The van der Waals surface area contributed by atoms with Crippen molar-refractivity contribution in [3.8, 4) is 0 Å². The van der Waals surface area contributed by atoms with E-state index in [2.05, 4.69) is 32.2 Å². The Hall–Kier alpha value is -0.890. The molecule has 2 heteroatoms. The third-order valence-corrected chi connectivity index (χ3v) is 3.98. The van der Waals surface area contributed by atoms with Gasteiger partial charge in [-0.15, -0.1) is 11.3 Å². The van der Waals surface area contributed by atoms with Crippen molar-refractivity contribution in [3.63, 3.8) is 0 Å². The predicted molar refractivity (Wildman–Crippen MR) is 72.3 cm³/mol. The van der Waals surface area contributed by atoms with Gasteiger partial charge >= 0.3 is 0 Å². The fourth-order valence-electron chi connectivity index (χ4n) is 2.28. The number of nitrogens with zero attached hydrogens (tertiary/aromatic N) is 1. The summed E-state index contributed by atoms with van der Waals surface area (Å²) in [5.74, 6) is 0. The summed E-state index contributed by atoms with van der Waals surface area (Å²) in [4.78, 5) is 4.79. The molecule has 0 fully saturated rings. The maximum atomic E-state index is 4.79. The van der Waals surface area contributed by atoms with Gasteiger partial charge in [0.05, 0.1) is 10.4 Å². The van der Waals surface area contributed by atoms with Crippen molar-refractivity contribution in [2.75, 3.05) is 0 Å². The molecule has 0 N–H and O–H groups in total. The Kier molecular flexibility index (Phi) is 3.59. The second-order valence-electron chi connectivity index (χ2n) is 4.29. The van der Waals surface area contributed by atoms with Crippen molar-refractivity contribution < 1.29 is 0 Å². The minimum Gasteiger partial charge on any atom is -0.256 e. The van der Waals surface area contributed by atoms with E-state index in [0.29, 0.717) is 0 Å². The highest BCUT2D eigenvalue weighted by atomic mass is 32.1. The fourth-order valence-corrected chi connectivity index (χ4v) is 3.15. The Morgan fingerprint density at radius 1 is 1.19 bits per heavy atom. The van der Waals surface area contributed by atoms with Crippen LogP contribution in [0.15, 0.2) is 11.4 Å². The molecule has 0 radical (unpaired) electrons. The van der Waals surface area contributed by atoms with Gasteiger partial charge in [0.15, 0.2) is 0 Å². The summed E-state index contributed by atoms with van der Waals surface area (Å²) in [6, 6.07) is 2.26. The number of aryl methyl sites for hydroxylation is 3. The van der Waals surface area contributed by atoms with Crippen molar-refractivity contribution in [2.45, 2.75) is 46.5 Å². The Balaban J connectivity index is 2.62. The Morgan fingerprint density at radius 2 is 1.94 bits per heavy atom. The monoisotopic (exact) mass is 233 g/mol. The van der Waals surface area contributed by atoms with Gasteiger partial charge in [-0.2, -0.15) is 0 Å². The molecule has 0 amide bonds. The minimum atomic E-state index is 1.11. The quantitative estimate of drug-likeness (QED) is 0.757. The van der Waals surface area contributed by atoms with Gasteiger partial charge in [-0.25, -0.2) is 0 Å². The van der Waals surface area contributed by atoms with Gasteiger partial charge < -0.3 is 0 Å². The fraction of sp³-hybridized carbons (Fsp3) is 0.500. The average Bonchev–Trinajstić information content (AvgIpc) is 2.73. The number of pyridine rings is 1. The van der Waals surface area contributed by atoms with Crippen LogP contribution in [0, 0.1) is 6.92 Å². The van der Waals surface area contributed by atoms with Gasteiger partial charge in [-0.1, -0.05) is 26.7 Å². The summed E-state index contributed by atoms with van der Waals surface area (Å²) >= 11 is 1.82. The van der Waals surface area contributed by atoms with Crippen molar-refractivity contribution >= 4 is 21.4 Å². The summed E-state index contributed by atoms with van der Waals surface area (Å²) in [5.41, 5.74) is 4.02. The van der Waals surface area contributed by atoms with E-state index in [9.17, 15) is 0 Å². The maximum absolute atomic E-state index is 4.79. The van der Waals surface area contributed by atoms with Crippen molar-refractivity contribution in [2.24, 2.45) is 0 Å². The molecule has 0 bridgehead atoms. The van der Waals surface area contributed by atoms with Gasteiger partial charge in [0.25, 0.3) is 0 Å². The number of hydrogen-bond donors (Lipinski definition) is 0. The molecule has 0 atom stereocenters. The van der Waals surface area contributed by atoms with Crippen LogP contribution in [0.4, 0.5) is 0 Å². The van der Waals surface area contributed by atoms with E-state index in [0.717, 1.165) is 12.8 Å². The zero-order valence-electron chi connectivity index (χ0n) is 10.3. The van der Waals surface area contributed by atoms with Crippen molar-refractivity contribution in [1.29, 1.82) is 0 Å². The molecule has 2 heterocycles. The van der Waals surface area contributed by atoms with Crippen LogP contribution < -0.4 is 0 Å². The summed E-state index contributed by atoms with van der Waals surface area (Å²) in [6.07, 6.45) is 4.66. The lowest BCUT2D eigenvalue weighted by molar-refractivity contribution is 0.831. The molecular weight excluding hydrogens is 214 g/mol. The third-order valence-electron chi connectivity index (χ3n) is 2.96. The highest BCUT2D eigenvalue weighted by Crippen LogP contribution is 2.29. The van der Waals surface area contributed by atoms with E-state index in [1.54, 1.807) is 0 Å². The summed E-state index contributed by atoms with van der Waals surface area (Å²) in [5, 5.41) is 3.64. The molecule has 2 aromatic heterocycles. The SMILES string of the molecule is CCCc1nc(C)c2sccc2c1CCC. The molecule has 0 unspecified atom stereocenters. The molecular formula is C14H19NS. The van der Waals surface area contributed by atoms with Gasteiger partial charge in [0.2, 0.25) is 0 Å². The Labute approximate surface area is 102 Å². The molecule has 0 aliphatic rings. The molecule has 86 valence electrons. The van der Waals surface area contributed by atoms with Crippen LogP contribution in [0.3, 0.4) is 0 Å². The third kappa shape index (κ3) is 1.99. The molecule has 0 saturated carbocycles. The normalized spacial score (nSPS) is 11.2. The number of fused-ring (bicyclic) bond motifs is 1. The van der Waals surface area contributed by atoms with Crippen LogP contribution in [-0.4, -0.2) is 4.98 Å². The van der Waals surface area contributed by atoms with Crippen LogP contribution in [-0.2, 0) is 12.8 Å². The Morgan fingerprint density at radius 3 is 2.62 bits per heavy atom. The first-order valence-corrected chi connectivity index (χ1v) is 7.01. The van der Waals surface area contributed by atoms with E-state index in [-0.39, 0.29) is 0 Å². The minimum absolute atomic E-state index is 1.11. The highest BCUT2D eigenvalue weighted by molar-refractivity contribution is 7.17. The largest absolute Gasteiger partial charge is 0.256 e. The smallest absolute Gasteiger partial charge is 0.0558 e. The number of hydrogen-bond acceptors (Lipinski definition) is 2. The first-order chi connectivity index (χ1) is 7.77. The molecule has 0 saturated heterocycles. The molecule has 0 spiro atoms. The van der Waals surface area contributed by atoms with Crippen LogP contribution >= 0.6 is 11.3 Å². The average molecular weight is 233 g/mol. The van der Waals surface area contributed by atoms with Gasteiger partial charge in [-0.3, -0.25) is 4.98 Å². The van der Waals surface area contributed by atoms with E-state index in [4.69, 9.17) is 4.98 Å². The highest BCUT2D eigenvalue weighted by Gasteiger charge is 2.11. The van der Waals surface area contributed by atoms with Gasteiger partial charge in [0, 0.05) is 5.69 Å². The molecule has 1 nitrogen and oxygen atoms in total. The topological polar surface area (TPSA) is 12.9 Å². The van der Waals surface area contributed by atoms with Crippen molar-refractivity contribution in [1.82, 2.24) is 4.98 Å². The lowest BCUT2D eigenvalue weighted by Crippen LogP contribution is -2.00. The molecule has 0 aromatic carbocycles. The first kappa shape index (κ1) is 11.6. The van der Waals surface area contributed by atoms with Gasteiger partial charge in [-0.05, 0) is 42.2 Å². The van der Waals surface area contributed by atoms with E-state index in [1.165, 1.54) is 39.9 Å². The van der Waals surface area contributed by atoms with Crippen LogP contribution in [0.1, 0.15) is 43.6 Å². The molecule has 0 aliphatic heterocycles. The molecule has 0 aliphatic carbocycles. The summed E-state index contributed by atoms with van der Waals surface area (Å²) in [7, 11) is 0. The molecule has 2 aromatic rings. The second-order valence-corrected chi connectivity index (χ2v) is 5.20. The second kappa shape index (κ2) is 4.96. The van der Waals surface area contributed by atoms with Crippen LogP contribution in [0.25, 0.3) is 10.1 Å². The first-order valence-electron chi connectivity index (χ1n) is 6.13. The number of thiophene rings is 1. The standard InChI is InChI=1S/C14H19NS/c1-4-6-11-12-8-9-16-14(12)10(3)15-13(11)7-5-2/h8-9H,4-7H2,1-3H3. The van der Waals surface area contributed by atoms with E-state index >= 15 is 0 Å². The summed E-state index contributed by atoms with van der Waals surface area (Å²) in [6.45, 7) is 6.60. The van der Waals surface area contributed by atoms with E-state index in [1.807, 2.05) is 11.3 Å². The molecule has 16 heavy (non-hydrogen) atoms. The zero-order valence-corrected chi connectivity index (χ0v) is 11.2. The van der Waals surface area contributed by atoms with Gasteiger partial charge in [0.1, 0.15) is 0 Å². The number of aromatic nitrogens is 1. The summed E-state index contributed by atoms with van der Waals surface area (Å²) < 4.78 is 1.38. The maximum Gasteiger partial charge on any atom is 0.0558 e. The predicted octanol–water partition coefficient (Wildman–Crippen LogP) is 4.51. The lowest BCUT2D eigenvalue weighted by Gasteiger charge is -2.10. The van der Waals surface area contributed by atoms with Crippen molar-refractivity contribution in [3.05, 3.63) is 28.4 Å². The number of rotatable bonds is 4. The molecule has 2 rings (SSSR count). The Bertz CT molecular complexity index is 485.